The summed E-state index contributed by atoms with van der Waals surface area (Å²) in [6, 6.07) is 1.40. The van der Waals surface area contributed by atoms with E-state index < -0.39 is 16.5 Å². The number of hydrogen-bond acceptors (Lipinski definition) is 4. The van der Waals surface area contributed by atoms with Crippen molar-refractivity contribution >= 4 is 23.2 Å². The molecule has 0 aromatic carbocycles. The molecule has 0 unspecified atom stereocenters. The molecule has 1 aliphatic carbocycles. The zero-order valence-corrected chi connectivity index (χ0v) is 11.9. The molecule has 7 heteroatoms. The lowest BCUT2D eigenvalue weighted by Crippen LogP contribution is -2.37. The van der Waals surface area contributed by atoms with Gasteiger partial charge < -0.3 is 5.32 Å². The van der Waals surface area contributed by atoms with Crippen molar-refractivity contribution in [1.29, 1.82) is 0 Å². The molecule has 1 aromatic rings. The Balaban J connectivity index is 2.13. The first-order valence-electron chi connectivity index (χ1n) is 6.58. The van der Waals surface area contributed by atoms with Crippen molar-refractivity contribution in [2.45, 2.75) is 38.6 Å². The average molecular weight is 298 g/mol. The average Bonchev–Trinajstić information content (AvgIpc) is 2.40. The third-order valence-corrected chi connectivity index (χ3v) is 3.93. The van der Waals surface area contributed by atoms with Gasteiger partial charge in [-0.1, -0.05) is 18.5 Å². The number of amides is 1. The third kappa shape index (κ3) is 3.25. The van der Waals surface area contributed by atoms with Crippen molar-refractivity contribution in [3.8, 4) is 0 Å². The molecule has 1 saturated carbocycles. The van der Waals surface area contributed by atoms with E-state index in [-0.39, 0.29) is 16.8 Å². The van der Waals surface area contributed by atoms with Crippen LogP contribution in [0.2, 0.25) is 5.15 Å². The van der Waals surface area contributed by atoms with Crippen LogP contribution in [0.25, 0.3) is 0 Å². The van der Waals surface area contributed by atoms with Crippen LogP contribution in [0, 0.1) is 16.0 Å². The number of nitrogens with one attached hydrogen (secondary N) is 1. The van der Waals surface area contributed by atoms with Crippen LogP contribution in [0.15, 0.2) is 12.3 Å². The van der Waals surface area contributed by atoms with E-state index in [0.29, 0.717) is 5.92 Å². The van der Waals surface area contributed by atoms with Crippen LogP contribution >= 0.6 is 11.6 Å². The van der Waals surface area contributed by atoms with Crippen LogP contribution < -0.4 is 5.32 Å². The second-order valence-electron chi connectivity index (χ2n) is 5.19. The Morgan fingerprint density at radius 1 is 1.45 bits per heavy atom. The molecular weight excluding hydrogens is 282 g/mol. The Bertz CT molecular complexity index is 528. The minimum Gasteiger partial charge on any atom is -0.349 e. The Hall–Kier alpha value is -1.69. The Morgan fingerprint density at radius 2 is 2.10 bits per heavy atom. The first kappa shape index (κ1) is 14.7. The van der Waals surface area contributed by atoms with Crippen LogP contribution in [0.1, 0.15) is 43.0 Å². The number of halogens is 1. The number of hydrogen-bond donors (Lipinski definition) is 1. The van der Waals surface area contributed by atoms with E-state index in [1.165, 1.54) is 12.3 Å². The van der Waals surface area contributed by atoms with Crippen LogP contribution in [0.3, 0.4) is 0 Å². The number of pyridine rings is 1. The summed E-state index contributed by atoms with van der Waals surface area (Å²) < 4.78 is 0. The molecule has 0 bridgehead atoms. The fraction of sp³-hybridized carbons (Fsp3) is 0.538. The first-order chi connectivity index (χ1) is 9.49. The molecule has 1 aliphatic rings. The van der Waals surface area contributed by atoms with Gasteiger partial charge in [0.1, 0.15) is 5.56 Å². The quantitative estimate of drug-likeness (QED) is 0.528. The van der Waals surface area contributed by atoms with Crippen LogP contribution in [-0.2, 0) is 0 Å². The summed E-state index contributed by atoms with van der Waals surface area (Å²) in [7, 11) is 0. The fourth-order valence-corrected chi connectivity index (χ4v) is 2.68. The minimum atomic E-state index is -0.673. The van der Waals surface area contributed by atoms with Gasteiger partial charge in [-0.2, -0.15) is 0 Å². The lowest BCUT2D eigenvalue weighted by atomic mass is 9.87. The molecule has 0 spiro atoms. The van der Waals surface area contributed by atoms with E-state index in [4.69, 9.17) is 11.6 Å². The summed E-state index contributed by atoms with van der Waals surface area (Å²) in [6.07, 6.45) is 5.22. The maximum Gasteiger partial charge on any atom is 0.319 e. The van der Waals surface area contributed by atoms with E-state index in [1.807, 2.05) is 0 Å². The zero-order chi connectivity index (χ0) is 14.7. The summed E-state index contributed by atoms with van der Waals surface area (Å²) in [5.74, 6) is 0.216. The standard InChI is InChI=1S/C13H16ClN3O3/c1-8-2-4-9(5-3-8)16-13(18)10-6-7-15-12(14)11(10)17(19)20/h6-9H,2-5H2,1H3,(H,16,18). The summed E-state index contributed by atoms with van der Waals surface area (Å²) in [5, 5.41) is 13.6. The largest absolute Gasteiger partial charge is 0.349 e. The molecule has 1 heterocycles. The topological polar surface area (TPSA) is 85.1 Å². The maximum absolute atomic E-state index is 12.2. The monoisotopic (exact) mass is 297 g/mol. The van der Waals surface area contributed by atoms with Crippen LogP contribution in [0.5, 0.6) is 0 Å². The zero-order valence-electron chi connectivity index (χ0n) is 11.1. The highest BCUT2D eigenvalue weighted by Gasteiger charge is 2.27. The van der Waals surface area contributed by atoms with Crippen molar-refractivity contribution in [3.05, 3.63) is 33.1 Å². The Morgan fingerprint density at radius 3 is 2.70 bits per heavy atom. The summed E-state index contributed by atoms with van der Waals surface area (Å²) in [5.41, 5.74) is -0.468. The molecule has 6 nitrogen and oxygen atoms in total. The van der Waals surface area contributed by atoms with E-state index in [0.717, 1.165) is 25.7 Å². The minimum absolute atomic E-state index is 0.0337. The molecule has 1 fully saturated rings. The molecule has 1 aromatic heterocycles. The smallest absolute Gasteiger partial charge is 0.319 e. The second kappa shape index (κ2) is 6.17. The first-order valence-corrected chi connectivity index (χ1v) is 6.96. The van der Waals surface area contributed by atoms with Crippen molar-refractivity contribution in [2.75, 3.05) is 0 Å². The Kier molecular flexibility index (Phi) is 4.54. The second-order valence-corrected chi connectivity index (χ2v) is 5.54. The van der Waals surface area contributed by atoms with Gasteiger partial charge in [-0.25, -0.2) is 4.98 Å². The summed E-state index contributed by atoms with van der Waals surface area (Å²) in [4.78, 5) is 26.1. The van der Waals surface area contributed by atoms with E-state index >= 15 is 0 Å². The highest BCUT2D eigenvalue weighted by atomic mass is 35.5. The van der Waals surface area contributed by atoms with Crippen LogP contribution in [-0.4, -0.2) is 21.9 Å². The van der Waals surface area contributed by atoms with Crippen molar-refractivity contribution in [3.63, 3.8) is 0 Å². The maximum atomic E-state index is 12.2. The van der Waals surface area contributed by atoms with Gasteiger partial charge in [0.05, 0.1) is 4.92 Å². The molecule has 20 heavy (non-hydrogen) atoms. The van der Waals surface area contributed by atoms with Gasteiger partial charge in [0, 0.05) is 12.2 Å². The molecule has 108 valence electrons. The third-order valence-electron chi connectivity index (χ3n) is 3.66. The van der Waals surface area contributed by atoms with Crippen molar-refractivity contribution < 1.29 is 9.72 Å². The number of aromatic nitrogens is 1. The van der Waals surface area contributed by atoms with Crippen molar-refractivity contribution in [1.82, 2.24) is 10.3 Å². The number of rotatable bonds is 3. The van der Waals surface area contributed by atoms with Gasteiger partial charge >= 0.3 is 5.69 Å². The van der Waals surface area contributed by atoms with Gasteiger partial charge in [-0.3, -0.25) is 14.9 Å². The Labute approximate surface area is 121 Å². The van der Waals surface area contributed by atoms with Crippen molar-refractivity contribution in [2.24, 2.45) is 5.92 Å². The van der Waals surface area contributed by atoms with E-state index in [2.05, 4.69) is 17.2 Å². The predicted molar refractivity (Wildman–Crippen MR) is 74.8 cm³/mol. The van der Waals surface area contributed by atoms with Gasteiger partial charge in [0.25, 0.3) is 5.91 Å². The molecular formula is C13H16ClN3O3. The van der Waals surface area contributed by atoms with E-state index in [9.17, 15) is 14.9 Å². The number of nitro groups is 1. The number of carbonyl (C=O) groups is 1. The molecule has 0 atom stereocenters. The fourth-order valence-electron chi connectivity index (χ4n) is 2.45. The highest BCUT2D eigenvalue weighted by Crippen LogP contribution is 2.27. The SMILES string of the molecule is CC1CCC(NC(=O)c2ccnc(Cl)c2[N+](=O)[O-])CC1. The highest BCUT2D eigenvalue weighted by molar-refractivity contribution is 6.32. The normalized spacial score (nSPS) is 22.3. The molecule has 0 aliphatic heterocycles. The predicted octanol–water partition coefficient (Wildman–Crippen LogP) is 2.95. The lowest BCUT2D eigenvalue weighted by Gasteiger charge is -2.26. The van der Waals surface area contributed by atoms with E-state index in [1.54, 1.807) is 0 Å². The molecule has 1 N–H and O–H groups in total. The van der Waals surface area contributed by atoms with Gasteiger partial charge in [0.15, 0.2) is 0 Å². The summed E-state index contributed by atoms with van der Waals surface area (Å²) in [6.45, 7) is 2.19. The molecule has 0 radical (unpaired) electrons. The van der Waals surface area contributed by atoms with Gasteiger partial charge in [-0.15, -0.1) is 0 Å². The number of carbonyl (C=O) groups excluding carboxylic acids is 1. The molecule has 0 saturated heterocycles. The lowest BCUT2D eigenvalue weighted by molar-refractivity contribution is -0.385. The van der Waals surface area contributed by atoms with Gasteiger partial charge in [-0.05, 0) is 37.7 Å². The summed E-state index contributed by atoms with van der Waals surface area (Å²) >= 11 is 5.70. The van der Waals surface area contributed by atoms with Gasteiger partial charge in [0.2, 0.25) is 5.15 Å². The molecule has 2 rings (SSSR count). The number of nitrogens with zero attached hydrogens (tertiary/aromatic N) is 2. The van der Waals surface area contributed by atoms with Crippen LogP contribution in [0.4, 0.5) is 5.69 Å². The molecule has 1 amide bonds.